The van der Waals surface area contributed by atoms with Gasteiger partial charge in [-0.2, -0.15) is 0 Å². The van der Waals surface area contributed by atoms with Crippen molar-refractivity contribution in [1.29, 1.82) is 0 Å². The Kier molecular flexibility index (Phi) is 3.06. The molecule has 3 rings (SSSR count). The molecule has 2 aromatic rings. The Morgan fingerprint density at radius 2 is 2.21 bits per heavy atom. The second-order valence-corrected chi connectivity index (χ2v) is 7.52. The van der Waals surface area contributed by atoms with Gasteiger partial charge in [-0.05, 0) is 53.8 Å². The highest BCUT2D eigenvalue weighted by atomic mass is 32.1. The van der Waals surface area contributed by atoms with Gasteiger partial charge in [0.15, 0.2) is 0 Å². The number of fused-ring (bicyclic) bond motifs is 1. The Bertz CT molecular complexity index is 592. The molecule has 102 valence electrons. The predicted octanol–water partition coefficient (Wildman–Crippen LogP) is 3.88. The molecule has 0 aliphatic heterocycles. The smallest absolute Gasteiger partial charge is 0.0568 e. The van der Waals surface area contributed by atoms with Crippen LogP contribution in [0.5, 0.6) is 0 Å². The van der Waals surface area contributed by atoms with Gasteiger partial charge in [-0.15, -0.1) is 11.3 Å². The van der Waals surface area contributed by atoms with Gasteiger partial charge in [-0.3, -0.25) is 0 Å². The van der Waals surface area contributed by atoms with Gasteiger partial charge in [0.1, 0.15) is 0 Å². The third kappa shape index (κ3) is 2.37. The number of thiophene rings is 1. The van der Waals surface area contributed by atoms with E-state index in [1.165, 1.54) is 21.7 Å². The zero-order valence-corrected chi connectivity index (χ0v) is 12.8. The first-order valence-electron chi connectivity index (χ1n) is 6.93. The van der Waals surface area contributed by atoms with E-state index >= 15 is 0 Å². The Balaban J connectivity index is 1.95. The van der Waals surface area contributed by atoms with Gasteiger partial charge in [0.25, 0.3) is 0 Å². The van der Waals surface area contributed by atoms with Crippen LogP contribution in [0.15, 0.2) is 23.7 Å². The molecular weight excluding hydrogens is 252 g/mol. The Hall–Kier alpha value is -1.06. The molecule has 0 amide bonds. The quantitative estimate of drug-likeness (QED) is 0.885. The van der Waals surface area contributed by atoms with Crippen molar-refractivity contribution in [3.63, 3.8) is 0 Å². The third-order valence-corrected chi connectivity index (χ3v) is 5.22. The van der Waals surface area contributed by atoms with Crippen LogP contribution < -0.4 is 5.73 Å². The maximum absolute atomic E-state index is 6.33. The molecule has 2 aromatic heterocycles. The molecule has 3 heteroatoms. The molecule has 1 aliphatic carbocycles. The standard InChI is InChI=1S/C16H22N2S/c1-11-5-7-19-15(11)10-18-6-4-12-13(17)8-16(2,3)9-14(12)18/h4-7,13H,8-10,17H2,1-3H3. The topological polar surface area (TPSA) is 30.9 Å². The molecular formula is C16H22N2S. The Morgan fingerprint density at radius 3 is 2.89 bits per heavy atom. The van der Waals surface area contributed by atoms with Crippen molar-refractivity contribution in [1.82, 2.24) is 4.57 Å². The molecule has 0 saturated carbocycles. The van der Waals surface area contributed by atoms with Crippen molar-refractivity contribution < 1.29 is 0 Å². The fourth-order valence-electron chi connectivity index (χ4n) is 3.16. The van der Waals surface area contributed by atoms with Gasteiger partial charge in [0.2, 0.25) is 0 Å². The van der Waals surface area contributed by atoms with Crippen molar-refractivity contribution in [2.75, 3.05) is 0 Å². The molecule has 1 atom stereocenters. The van der Waals surface area contributed by atoms with E-state index in [4.69, 9.17) is 5.73 Å². The minimum absolute atomic E-state index is 0.199. The summed E-state index contributed by atoms with van der Waals surface area (Å²) in [4.78, 5) is 1.45. The van der Waals surface area contributed by atoms with Crippen molar-refractivity contribution >= 4 is 11.3 Å². The van der Waals surface area contributed by atoms with E-state index in [1.807, 2.05) is 11.3 Å². The maximum Gasteiger partial charge on any atom is 0.0568 e. The first kappa shape index (κ1) is 12.9. The van der Waals surface area contributed by atoms with Crippen LogP contribution in [0.3, 0.4) is 0 Å². The first-order valence-corrected chi connectivity index (χ1v) is 7.81. The normalized spacial score (nSPS) is 21.4. The van der Waals surface area contributed by atoms with E-state index in [0.717, 1.165) is 19.4 Å². The van der Waals surface area contributed by atoms with Crippen molar-refractivity contribution in [2.45, 2.75) is 46.2 Å². The number of rotatable bonds is 2. The van der Waals surface area contributed by atoms with Crippen LogP contribution in [0.2, 0.25) is 0 Å². The van der Waals surface area contributed by atoms with E-state index in [1.54, 1.807) is 0 Å². The number of hydrogen-bond acceptors (Lipinski definition) is 2. The highest BCUT2D eigenvalue weighted by molar-refractivity contribution is 7.10. The lowest BCUT2D eigenvalue weighted by Crippen LogP contribution is -2.30. The summed E-state index contributed by atoms with van der Waals surface area (Å²) >= 11 is 1.85. The minimum atomic E-state index is 0.199. The highest BCUT2D eigenvalue weighted by Gasteiger charge is 2.32. The molecule has 2 heterocycles. The SMILES string of the molecule is Cc1ccsc1Cn1ccc2c1CC(C)(C)CC2N. The van der Waals surface area contributed by atoms with Crippen LogP contribution in [-0.4, -0.2) is 4.57 Å². The summed E-state index contributed by atoms with van der Waals surface area (Å²) in [5, 5.41) is 2.18. The lowest BCUT2D eigenvalue weighted by molar-refractivity contribution is 0.276. The molecule has 0 saturated heterocycles. The zero-order chi connectivity index (χ0) is 13.6. The molecule has 1 unspecified atom stereocenters. The fraction of sp³-hybridized carbons (Fsp3) is 0.500. The van der Waals surface area contributed by atoms with Gasteiger partial charge < -0.3 is 10.3 Å². The maximum atomic E-state index is 6.33. The minimum Gasteiger partial charge on any atom is -0.346 e. The van der Waals surface area contributed by atoms with E-state index < -0.39 is 0 Å². The fourth-order valence-corrected chi connectivity index (χ4v) is 4.07. The lowest BCUT2D eigenvalue weighted by Gasteiger charge is -2.34. The zero-order valence-electron chi connectivity index (χ0n) is 11.9. The summed E-state index contributed by atoms with van der Waals surface area (Å²) in [7, 11) is 0. The molecule has 0 radical (unpaired) electrons. The van der Waals surface area contributed by atoms with Crippen LogP contribution in [0.25, 0.3) is 0 Å². The molecule has 0 bridgehead atoms. The molecule has 0 spiro atoms. The first-order chi connectivity index (χ1) is 8.96. The van der Waals surface area contributed by atoms with Crippen LogP contribution in [-0.2, 0) is 13.0 Å². The van der Waals surface area contributed by atoms with Crippen molar-refractivity contribution in [3.05, 3.63) is 45.4 Å². The van der Waals surface area contributed by atoms with Crippen LogP contribution >= 0.6 is 11.3 Å². The number of nitrogens with two attached hydrogens (primary N) is 1. The third-order valence-electron chi connectivity index (χ3n) is 4.21. The molecule has 2 nitrogen and oxygen atoms in total. The molecule has 0 aromatic carbocycles. The van der Waals surface area contributed by atoms with Crippen LogP contribution in [0.1, 0.15) is 48.0 Å². The van der Waals surface area contributed by atoms with E-state index in [0.29, 0.717) is 5.41 Å². The number of aryl methyl sites for hydroxylation is 1. The molecule has 1 aliphatic rings. The number of aromatic nitrogens is 1. The summed E-state index contributed by atoms with van der Waals surface area (Å²) in [5.74, 6) is 0. The van der Waals surface area contributed by atoms with Crippen LogP contribution in [0, 0.1) is 12.3 Å². The van der Waals surface area contributed by atoms with Gasteiger partial charge in [-0.25, -0.2) is 0 Å². The van der Waals surface area contributed by atoms with Crippen LogP contribution in [0.4, 0.5) is 0 Å². The average molecular weight is 274 g/mol. The summed E-state index contributed by atoms with van der Waals surface area (Å²) in [6.45, 7) is 7.83. The predicted molar refractivity (Wildman–Crippen MR) is 81.6 cm³/mol. The van der Waals surface area contributed by atoms with Gasteiger partial charge in [0.05, 0.1) is 6.54 Å². The van der Waals surface area contributed by atoms with Gasteiger partial charge in [-0.1, -0.05) is 13.8 Å². The Labute approximate surface area is 119 Å². The highest BCUT2D eigenvalue weighted by Crippen LogP contribution is 2.40. The lowest BCUT2D eigenvalue weighted by atomic mass is 9.74. The van der Waals surface area contributed by atoms with Gasteiger partial charge in [0, 0.05) is 22.8 Å². The van der Waals surface area contributed by atoms with Crippen molar-refractivity contribution in [3.8, 4) is 0 Å². The monoisotopic (exact) mass is 274 g/mol. The second-order valence-electron chi connectivity index (χ2n) is 6.52. The molecule has 0 fully saturated rings. The Morgan fingerprint density at radius 1 is 1.42 bits per heavy atom. The summed E-state index contributed by atoms with van der Waals surface area (Å²) in [6, 6.07) is 4.62. The second kappa shape index (κ2) is 4.50. The number of nitrogens with zero attached hydrogens (tertiary/aromatic N) is 1. The molecule has 19 heavy (non-hydrogen) atoms. The van der Waals surface area contributed by atoms with Crippen molar-refractivity contribution in [2.24, 2.45) is 11.1 Å². The summed E-state index contributed by atoms with van der Waals surface area (Å²) < 4.78 is 2.40. The van der Waals surface area contributed by atoms with E-state index in [-0.39, 0.29) is 6.04 Å². The summed E-state index contributed by atoms with van der Waals surface area (Å²) in [5.41, 5.74) is 10.8. The average Bonchev–Trinajstić information content (AvgIpc) is 2.87. The van der Waals surface area contributed by atoms with E-state index in [9.17, 15) is 0 Å². The van der Waals surface area contributed by atoms with E-state index in [2.05, 4.69) is 49.0 Å². The number of hydrogen-bond donors (Lipinski definition) is 1. The summed E-state index contributed by atoms with van der Waals surface area (Å²) in [6.07, 6.45) is 4.43. The molecule has 2 N–H and O–H groups in total. The van der Waals surface area contributed by atoms with Gasteiger partial charge >= 0.3 is 0 Å². The largest absolute Gasteiger partial charge is 0.346 e.